The molecule has 3 aromatic rings. The van der Waals surface area contributed by atoms with E-state index < -0.39 is 29.5 Å². The van der Waals surface area contributed by atoms with Crippen LogP contribution in [0.3, 0.4) is 0 Å². The third kappa shape index (κ3) is 4.27. The normalized spacial score (nSPS) is 15.7. The van der Waals surface area contributed by atoms with Crippen molar-refractivity contribution in [3.05, 3.63) is 88.5 Å². The minimum absolute atomic E-state index is 0.0669. The summed E-state index contributed by atoms with van der Waals surface area (Å²) in [6.07, 6.45) is 1.06. The number of halogens is 1. The van der Waals surface area contributed by atoms with E-state index in [0.29, 0.717) is 33.8 Å². The number of carboxylic acids is 1. The summed E-state index contributed by atoms with van der Waals surface area (Å²) in [5, 5.41) is 18.1. The maximum absolute atomic E-state index is 13.8. The molecular formula is C25H21FN4O4. The Bertz CT molecular complexity index is 1350. The maximum Gasteiger partial charge on any atom is 0.333 e. The van der Waals surface area contributed by atoms with Gasteiger partial charge in [-0.3, -0.25) is 14.5 Å². The summed E-state index contributed by atoms with van der Waals surface area (Å²) in [4.78, 5) is 38.6. The molecule has 0 spiro atoms. The Labute approximate surface area is 194 Å². The van der Waals surface area contributed by atoms with Crippen LogP contribution in [0.2, 0.25) is 0 Å². The number of hydrogen-bond donors (Lipinski definition) is 2. The number of amides is 2. The predicted octanol–water partition coefficient (Wildman–Crippen LogP) is 3.49. The highest BCUT2D eigenvalue weighted by Crippen LogP contribution is 2.39. The number of primary amides is 1. The second-order valence-electron chi connectivity index (χ2n) is 8.07. The summed E-state index contributed by atoms with van der Waals surface area (Å²) < 4.78 is 13.8. The zero-order valence-electron chi connectivity index (χ0n) is 18.4. The van der Waals surface area contributed by atoms with Gasteiger partial charge >= 0.3 is 5.97 Å². The Hall–Kier alpha value is -4.40. The first-order valence-corrected chi connectivity index (χ1v) is 10.4. The van der Waals surface area contributed by atoms with Crippen LogP contribution in [0.15, 0.2) is 60.3 Å². The molecule has 2 heterocycles. The Balaban J connectivity index is 1.90. The summed E-state index contributed by atoms with van der Waals surface area (Å²) in [5.74, 6) is -3.61. The zero-order valence-corrected chi connectivity index (χ0v) is 18.4. The number of carboxylic acid groups (broad SMARTS) is 1. The number of nitrogens with zero attached hydrogens (tertiary/aromatic N) is 3. The monoisotopic (exact) mass is 460 g/mol. The molecular weight excluding hydrogens is 439 g/mol. The third-order valence-corrected chi connectivity index (χ3v) is 5.73. The van der Waals surface area contributed by atoms with Crippen molar-refractivity contribution in [2.24, 2.45) is 5.73 Å². The number of benzene rings is 2. The fraction of sp³-hybridized carbons (Fsp3) is 0.160. The predicted molar refractivity (Wildman–Crippen MR) is 122 cm³/mol. The van der Waals surface area contributed by atoms with Crippen LogP contribution in [0, 0.1) is 19.7 Å². The smallest absolute Gasteiger partial charge is 0.333 e. The van der Waals surface area contributed by atoms with Crippen molar-refractivity contribution >= 4 is 23.5 Å². The van der Waals surface area contributed by atoms with Crippen molar-refractivity contribution < 1.29 is 23.9 Å². The van der Waals surface area contributed by atoms with Gasteiger partial charge in [-0.2, -0.15) is 10.2 Å². The average molecular weight is 460 g/mol. The highest BCUT2D eigenvalue weighted by Gasteiger charge is 2.34. The van der Waals surface area contributed by atoms with Crippen LogP contribution in [-0.2, 0) is 9.59 Å². The number of nitrogens with two attached hydrogens (primary N) is 1. The van der Waals surface area contributed by atoms with Gasteiger partial charge in [-0.25, -0.2) is 9.18 Å². The van der Waals surface area contributed by atoms with Gasteiger partial charge in [0, 0.05) is 29.7 Å². The molecule has 3 N–H and O–H groups in total. The second-order valence-corrected chi connectivity index (χ2v) is 8.07. The highest BCUT2D eigenvalue weighted by atomic mass is 19.1. The molecule has 0 saturated carbocycles. The minimum atomic E-state index is -1.23. The summed E-state index contributed by atoms with van der Waals surface area (Å²) in [6, 6.07) is 12.1. The fourth-order valence-corrected chi connectivity index (χ4v) is 4.02. The van der Waals surface area contributed by atoms with Crippen molar-refractivity contribution in [2.45, 2.75) is 26.2 Å². The first kappa shape index (κ1) is 22.8. The second kappa shape index (κ2) is 8.86. The summed E-state index contributed by atoms with van der Waals surface area (Å²) in [5.41, 5.74) is 8.39. The number of carbonyl (C=O) groups is 3. The fourth-order valence-electron chi connectivity index (χ4n) is 4.02. The Morgan fingerprint density at radius 1 is 1.12 bits per heavy atom. The molecule has 0 aliphatic carbocycles. The van der Waals surface area contributed by atoms with Gasteiger partial charge in [0.25, 0.3) is 0 Å². The number of aliphatic carboxylic acids is 1. The average Bonchev–Trinajstić information content (AvgIpc) is 2.79. The van der Waals surface area contributed by atoms with Crippen LogP contribution in [0.25, 0.3) is 11.3 Å². The van der Waals surface area contributed by atoms with Crippen molar-refractivity contribution in [1.82, 2.24) is 10.2 Å². The van der Waals surface area contributed by atoms with Crippen molar-refractivity contribution in [3.63, 3.8) is 0 Å². The van der Waals surface area contributed by atoms with E-state index in [1.807, 2.05) is 0 Å². The van der Waals surface area contributed by atoms with Gasteiger partial charge in [0.2, 0.25) is 11.8 Å². The molecule has 8 nitrogen and oxygen atoms in total. The van der Waals surface area contributed by atoms with Crippen molar-refractivity contribution in [3.8, 4) is 11.3 Å². The topological polar surface area (TPSA) is 126 Å². The minimum Gasteiger partial charge on any atom is -0.478 e. The molecule has 9 heteroatoms. The molecule has 2 amide bonds. The summed E-state index contributed by atoms with van der Waals surface area (Å²) in [6.45, 7) is 3.43. The molecule has 1 aromatic heterocycles. The lowest BCUT2D eigenvalue weighted by molar-refractivity contribution is -0.133. The van der Waals surface area contributed by atoms with Crippen LogP contribution >= 0.6 is 0 Å². The Morgan fingerprint density at radius 3 is 2.50 bits per heavy atom. The van der Waals surface area contributed by atoms with E-state index in [0.717, 1.165) is 0 Å². The molecule has 1 atom stereocenters. The van der Waals surface area contributed by atoms with E-state index in [9.17, 15) is 23.9 Å². The van der Waals surface area contributed by atoms with Crippen molar-refractivity contribution in [1.29, 1.82) is 0 Å². The molecule has 0 bridgehead atoms. The standard InChI is InChI=1S/C25H21FN4O4/c1-13-8-22(19(10-17(13)24(27)32)21-7-6-14(2)28-29-21)30-12-20(25(33)34)18(11-23(30)31)15-4-3-5-16(26)9-15/h3-10,12,18H,11H2,1-2H3,(H2,27,32)(H,33,34)/t18-/m0/s1. The lowest BCUT2D eigenvalue weighted by Gasteiger charge is -2.31. The first-order chi connectivity index (χ1) is 16.2. The summed E-state index contributed by atoms with van der Waals surface area (Å²) in [7, 11) is 0. The van der Waals surface area contributed by atoms with Gasteiger partial charge in [0.15, 0.2) is 0 Å². The molecule has 2 aromatic carbocycles. The Morgan fingerprint density at radius 2 is 1.88 bits per heavy atom. The van der Waals surface area contributed by atoms with Gasteiger partial charge in [-0.15, -0.1) is 0 Å². The number of anilines is 1. The van der Waals surface area contributed by atoms with Crippen molar-refractivity contribution in [2.75, 3.05) is 4.90 Å². The van der Waals surface area contributed by atoms with E-state index >= 15 is 0 Å². The number of hydrogen-bond acceptors (Lipinski definition) is 5. The van der Waals surface area contributed by atoms with Gasteiger partial charge < -0.3 is 10.8 Å². The highest BCUT2D eigenvalue weighted by molar-refractivity contribution is 6.06. The third-order valence-electron chi connectivity index (χ3n) is 5.73. The molecule has 1 aliphatic rings. The number of aromatic nitrogens is 2. The largest absolute Gasteiger partial charge is 0.478 e. The number of rotatable bonds is 5. The maximum atomic E-state index is 13.8. The van der Waals surface area contributed by atoms with E-state index in [1.54, 1.807) is 38.1 Å². The van der Waals surface area contributed by atoms with Crippen LogP contribution in [-0.4, -0.2) is 33.1 Å². The van der Waals surface area contributed by atoms with Gasteiger partial charge in [0.1, 0.15) is 5.82 Å². The number of aryl methyl sites for hydroxylation is 2. The molecule has 1 aliphatic heterocycles. The molecule has 34 heavy (non-hydrogen) atoms. The lowest BCUT2D eigenvalue weighted by Crippen LogP contribution is -2.35. The van der Waals surface area contributed by atoms with Crippen LogP contribution in [0.5, 0.6) is 0 Å². The van der Waals surface area contributed by atoms with Gasteiger partial charge in [-0.1, -0.05) is 12.1 Å². The van der Waals surface area contributed by atoms with Gasteiger partial charge in [-0.05, 0) is 61.4 Å². The zero-order chi connectivity index (χ0) is 24.6. The lowest BCUT2D eigenvalue weighted by atomic mass is 9.85. The quantitative estimate of drug-likeness (QED) is 0.600. The van der Waals surface area contributed by atoms with Crippen LogP contribution in [0.4, 0.5) is 10.1 Å². The molecule has 0 unspecified atom stereocenters. The van der Waals surface area contributed by atoms with Crippen LogP contribution < -0.4 is 10.6 Å². The van der Waals surface area contributed by atoms with E-state index in [2.05, 4.69) is 10.2 Å². The molecule has 172 valence electrons. The molecule has 0 radical (unpaired) electrons. The number of carbonyl (C=O) groups excluding carboxylic acids is 2. The molecule has 0 saturated heterocycles. The van der Waals surface area contributed by atoms with E-state index in [4.69, 9.17) is 5.73 Å². The van der Waals surface area contributed by atoms with E-state index in [1.165, 1.54) is 35.4 Å². The first-order valence-electron chi connectivity index (χ1n) is 10.4. The summed E-state index contributed by atoms with van der Waals surface area (Å²) >= 11 is 0. The van der Waals surface area contributed by atoms with E-state index in [-0.39, 0.29) is 17.6 Å². The molecule has 0 fully saturated rings. The SMILES string of the molecule is Cc1ccc(-c2cc(C(N)=O)c(C)cc2N2C=C(C(=O)O)[C@H](c3cccc(F)c3)CC2=O)nn1. The van der Waals surface area contributed by atoms with Crippen LogP contribution in [0.1, 0.15) is 39.5 Å². The van der Waals surface area contributed by atoms with Gasteiger partial charge in [0.05, 0.1) is 22.6 Å². The molecule has 4 rings (SSSR count). The Kier molecular flexibility index (Phi) is 5.93.